The number of carbonyl (C=O) groups is 1. The smallest absolute Gasteiger partial charge is 0.224 e. The second-order valence-electron chi connectivity index (χ2n) is 3.71. The third kappa shape index (κ3) is 1.48. The maximum Gasteiger partial charge on any atom is 0.224 e. The third-order valence-electron chi connectivity index (χ3n) is 2.23. The normalized spacial score (nSPS) is 13.3. The van der Waals surface area contributed by atoms with Crippen LogP contribution in [0.5, 0.6) is 0 Å². The summed E-state index contributed by atoms with van der Waals surface area (Å²) in [5.74, 6) is -0.361. The molecule has 0 heterocycles. The van der Waals surface area contributed by atoms with E-state index in [-0.39, 0.29) is 5.91 Å². The van der Waals surface area contributed by atoms with Crippen molar-refractivity contribution in [1.29, 1.82) is 0 Å². The molecule has 1 amide bonds. The van der Waals surface area contributed by atoms with Crippen molar-refractivity contribution in [1.82, 2.24) is 0 Å². The SMILES string of the molecule is CC(C)(N)C(C)(C)C(N)=O. The minimum absolute atomic E-state index is 0.361. The first-order valence-corrected chi connectivity index (χ1v) is 3.28. The van der Waals surface area contributed by atoms with Crippen molar-refractivity contribution >= 4 is 5.91 Å². The van der Waals surface area contributed by atoms with Gasteiger partial charge in [-0.25, -0.2) is 0 Å². The van der Waals surface area contributed by atoms with E-state index < -0.39 is 11.0 Å². The Labute approximate surface area is 61.8 Å². The molecular weight excluding hydrogens is 128 g/mol. The molecule has 3 nitrogen and oxygen atoms in total. The quantitative estimate of drug-likeness (QED) is 0.582. The van der Waals surface area contributed by atoms with Gasteiger partial charge in [-0.2, -0.15) is 0 Å². The van der Waals surface area contributed by atoms with E-state index in [4.69, 9.17) is 11.5 Å². The average molecular weight is 144 g/mol. The van der Waals surface area contributed by atoms with E-state index in [0.717, 1.165) is 0 Å². The van der Waals surface area contributed by atoms with Gasteiger partial charge < -0.3 is 11.5 Å². The van der Waals surface area contributed by atoms with Crippen molar-refractivity contribution in [3.63, 3.8) is 0 Å². The molecule has 0 rings (SSSR count). The summed E-state index contributed by atoms with van der Waals surface area (Å²) in [6.45, 7) is 7.07. The predicted octanol–water partition coefficient (Wildman–Crippen LogP) is 0.235. The number of primary amides is 1. The van der Waals surface area contributed by atoms with Gasteiger partial charge in [0.15, 0.2) is 0 Å². The highest BCUT2D eigenvalue weighted by Crippen LogP contribution is 2.26. The zero-order chi connectivity index (χ0) is 8.58. The number of hydrogen-bond acceptors (Lipinski definition) is 2. The van der Waals surface area contributed by atoms with E-state index in [9.17, 15) is 4.79 Å². The van der Waals surface area contributed by atoms with Gasteiger partial charge in [-0.1, -0.05) is 0 Å². The van der Waals surface area contributed by atoms with E-state index >= 15 is 0 Å². The molecule has 4 N–H and O–H groups in total. The largest absolute Gasteiger partial charge is 0.369 e. The number of rotatable bonds is 2. The summed E-state index contributed by atoms with van der Waals surface area (Å²) in [5, 5.41) is 0. The second kappa shape index (κ2) is 2.23. The zero-order valence-electron chi connectivity index (χ0n) is 7.06. The molecule has 0 aliphatic heterocycles. The molecule has 0 bridgehead atoms. The van der Waals surface area contributed by atoms with Crippen molar-refractivity contribution in [3.8, 4) is 0 Å². The molecule has 0 aromatic rings. The van der Waals surface area contributed by atoms with Gasteiger partial charge in [0.2, 0.25) is 5.91 Å². The van der Waals surface area contributed by atoms with Crippen molar-refractivity contribution in [2.45, 2.75) is 33.2 Å². The molecule has 0 aliphatic rings. The van der Waals surface area contributed by atoms with Gasteiger partial charge in [-0.05, 0) is 27.7 Å². The molecule has 0 spiro atoms. The highest BCUT2D eigenvalue weighted by molar-refractivity contribution is 5.81. The van der Waals surface area contributed by atoms with Gasteiger partial charge in [0.1, 0.15) is 0 Å². The van der Waals surface area contributed by atoms with Gasteiger partial charge in [-0.3, -0.25) is 4.79 Å². The van der Waals surface area contributed by atoms with Gasteiger partial charge >= 0.3 is 0 Å². The Balaban J connectivity index is 4.57. The molecule has 0 unspecified atom stereocenters. The van der Waals surface area contributed by atoms with E-state index in [1.807, 2.05) is 0 Å². The fraction of sp³-hybridized carbons (Fsp3) is 0.857. The summed E-state index contributed by atoms with van der Waals surface area (Å²) in [6.07, 6.45) is 0. The maximum absolute atomic E-state index is 10.8. The Morgan fingerprint density at radius 1 is 1.20 bits per heavy atom. The highest BCUT2D eigenvalue weighted by atomic mass is 16.1. The molecule has 60 valence electrons. The van der Waals surface area contributed by atoms with Crippen LogP contribution in [0.2, 0.25) is 0 Å². The Morgan fingerprint density at radius 2 is 1.50 bits per heavy atom. The van der Waals surface area contributed by atoms with Crippen molar-refractivity contribution in [3.05, 3.63) is 0 Å². The summed E-state index contributed by atoms with van der Waals surface area (Å²) in [6, 6.07) is 0. The highest BCUT2D eigenvalue weighted by Gasteiger charge is 2.38. The fourth-order valence-corrected chi connectivity index (χ4v) is 0.318. The van der Waals surface area contributed by atoms with Crippen LogP contribution in [0.4, 0.5) is 0 Å². The lowest BCUT2D eigenvalue weighted by Crippen LogP contribution is -2.54. The topological polar surface area (TPSA) is 69.1 Å². The molecule has 0 fully saturated rings. The van der Waals surface area contributed by atoms with E-state index in [2.05, 4.69) is 0 Å². The molecule has 10 heavy (non-hydrogen) atoms. The van der Waals surface area contributed by atoms with Crippen molar-refractivity contribution < 1.29 is 4.79 Å². The minimum Gasteiger partial charge on any atom is -0.369 e. The zero-order valence-corrected chi connectivity index (χ0v) is 7.06. The molecule has 0 atom stereocenters. The molecule has 0 saturated heterocycles. The van der Waals surface area contributed by atoms with E-state index in [0.29, 0.717) is 0 Å². The molecule has 0 radical (unpaired) electrons. The first-order valence-electron chi connectivity index (χ1n) is 3.28. The van der Waals surface area contributed by atoms with Crippen LogP contribution in [0.15, 0.2) is 0 Å². The summed E-state index contributed by atoms with van der Waals surface area (Å²) >= 11 is 0. The molecule has 3 heteroatoms. The first-order chi connectivity index (χ1) is 4.19. The van der Waals surface area contributed by atoms with Crippen LogP contribution in [0.25, 0.3) is 0 Å². The summed E-state index contributed by atoms with van der Waals surface area (Å²) in [7, 11) is 0. The van der Waals surface area contributed by atoms with Gasteiger partial charge in [0.25, 0.3) is 0 Å². The number of carbonyl (C=O) groups excluding carboxylic acids is 1. The van der Waals surface area contributed by atoms with Gasteiger partial charge in [-0.15, -0.1) is 0 Å². The van der Waals surface area contributed by atoms with E-state index in [1.54, 1.807) is 27.7 Å². The van der Waals surface area contributed by atoms with Gasteiger partial charge in [0, 0.05) is 5.54 Å². The Kier molecular flexibility index (Phi) is 2.11. The van der Waals surface area contributed by atoms with E-state index in [1.165, 1.54) is 0 Å². The Hall–Kier alpha value is -0.570. The first kappa shape index (κ1) is 9.43. The van der Waals surface area contributed by atoms with Crippen molar-refractivity contribution in [2.24, 2.45) is 16.9 Å². The molecular formula is C7H16N2O. The van der Waals surface area contributed by atoms with Crippen LogP contribution in [0.1, 0.15) is 27.7 Å². The maximum atomic E-state index is 10.8. The van der Waals surface area contributed by atoms with Gasteiger partial charge in [0.05, 0.1) is 5.41 Å². The summed E-state index contributed by atoms with van der Waals surface area (Å²) < 4.78 is 0. The van der Waals surface area contributed by atoms with Crippen LogP contribution in [-0.2, 0) is 4.79 Å². The van der Waals surface area contributed by atoms with Crippen LogP contribution in [-0.4, -0.2) is 11.4 Å². The lowest BCUT2D eigenvalue weighted by molar-refractivity contribution is -0.128. The molecule has 0 aliphatic carbocycles. The Morgan fingerprint density at radius 3 is 1.50 bits per heavy atom. The fourth-order valence-electron chi connectivity index (χ4n) is 0.318. The predicted molar refractivity (Wildman–Crippen MR) is 41.2 cm³/mol. The lowest BCUT2D eigenvalue weighted by Gasteiger charge is -2.35. The van der Waals surface area contributed by atoms with Crippen LogP contribution < -0.4 is 11.5 Å². The van der Waals surface area contributed by atoms with Crippen molar-refractivity contribution in [2.75, 3.05) is 0 Å². The molecule has 0 saturated carbocycles. The standard InChI is InChI=1S/C7H16N2O/c1-6(2,5(8)10)7(3,4)9/h9H2,1-4H3,(H2,8,10). The minimum atomic E-state index is -0.646. The summed E-state index contributed by atoms with van der Waals surface area (Å²) in [5.41, 5.74) is 9.65. The third-order valence-corrected chi connectivity index (χ3v) is 2.23. The number of amides is 1. The average Bonchev–Trinajstić information content (AvgIpc) is 1.62. The number of nitrogens with two attached hydrogens (primary N) is 2. The molecule has 0 aromatic carbocycles. The molecule has 0 aromatic heterocycles. The monoisotopic (exact) mass is 144 g/mol. The number of hydrogen-bond donors (Lipinski definition) is 2. The lowest BCUT2D eigenvalue weighted by atomic mass is 9.75. The Bertz CT molecular complexity index is 144. The summed E-state index contributed by atoms with van der Waals surface area (Å²) in [4.78, 5) is 10.8. The second-order valence-corrected chi connectivity index (χ2v) is 3.71. The van der Waals surface area contributed by atoms with Crippen LogP contribution >= 0.6 is 0 Å². The van der Waals surface area contributed by atoms with Crippen LogP contribution in [0, 0.1) is 5.41 Å². The van der Waals surface area contributed by atoms with Crippen LogP contribution in [0.3, 0.4) is 0 Å².